The maximum Gasteiger partial charge on any atom is 0.243 e. The van der Waals surface area contributed by atoms with Crippen LogP contribution in [0.25, 0.3) is 11.4 Å². The van der Waals surface area contributed by atoms with Gasteiger partial charge in [-0.15, -0.1) is 0 Å². The molecule has 0 radical (unpaired) electrons. The summed E-state index contributed by atoms with van der Waals surface area (Å²) >= 11 is 2.98. The van der Waals surface area contributed by atoms with E-state index < -0.39 is 11.6 Å². The Kier molecular flexibility index (Phi) is 4.26. The monoisotopic (exact) mass is 331 g/mol. The van der Waals surface area contributed by atoms with Gasteiger partial charge in [0.1, 0.15) is 0 Å². The topological polar surface area (TPSA) is 64.9 Å². The number of rotatable bonds is 4. The molecule has 1 heterocycles. The molecular weight excluding hydrogens is 320 g/mol. The molecular formula is C12H12BrF2N3O. The largest absolute Gasteiger partial charge is 0.337 e. The van der Waals surface area contributed by atoms with E-state index >= 15 is 0 Å². The smallest absolute Gasteiger partial charge is 0.243 e. The van der Waals surface area contributed by atoms with E-state index in [-0.39, 0.29) is 22.2 Å². The van der Waals surface area contributed by atoms with Gasteiger partial charge in [-0.3, -0.25) is 0 Å². The molecule has 0 saturated heterocycles. The summed E-state index contributed by atoms with van der Waals surface area (Å²) in [7, 11) is 0. The average Bonchev–Trinajstić information content (AvgIpc) is 2.86. The predicted molar refractivity (Wildman–Crippen MR) is 69.2 cm³/mol. The molecule has 1 aromatic carbocycles. The molecule has 0 aliphatic rings. The molecule has 0 bridgehead atoms. The molecule has 0 amide bonds. The number of hydrogen-bond donors (Lipinski definition) is 1. The van der Waals surface area contributed by atoms with Gasteiger partial charge in [-0.25, -0.2) is 8.78 Å². The van der Waals surface area contributed by atoms with Crippen LogP contribution in [-0.2, 0) is 0 Å². The van der Waals surface area contributed by atoms with Gasteiger partial charge in [0, 0.05) is 5.56 Å². The number of nitrogens with zero attached hydrogens (tertiary/aromatic N) is 2. The fourth-order valence-electron chi connectivity index (χ4n) is 1.63. The van der Waals surface area contributed by atoms with Crippen LogP contribution in [0.4, 0.5) is 8.78 Å². The third-order valence-corrected chi connectivity index (χ3v) is 3.41. The van der Waals surface area contributed by atoms with Gasteiger partial charge >= 0.3 is 0 Å². The van der Waals surface area contributed by atoms with Gasteiger partial charge in [0.2, 0.25) is 11.7 Å². The summed E-state index contributed by atoms with van der Waals surface area (Å²) in [5, 5.41) is 3.74. The van der Waals surface area contributed by atoms with Crippen LogP contribution in [0, 0.1) is 11.6 Å². The number of aromatic nitrogens is 2. The zero-order valence-electron chi connectivity index (χ0n) is 10.2. The van der Waals surface area contributed by atoms with Crippen LogP contribution >= 0.6 is 15.9 Å². The van der Waals surface area contributed by atoms with Gasteiger partial charge in [0.15, 0.2) is 11.6 Å². The predicted octanol–water partition coefficient (Wildman–Crippen LogP) is 3.58. The van der Waals surface area contributed by atoms with Crippen molar-refractivity contribution in [3.63, 3.8) is 0 Å². The highest BCUT2D eigenvalue weighted by Gasteiger charge is 2.19. The molecule has 1 atom stereocenters. The van der Waals surface area contributed by atoms with Crippen molar-refractivity contribution in [2.45, 2.75) is 25.8 Å². The summed E-state index contributed by atoms with van der Waals surface area (Å²) in [5.74, 6) is -1.47. The number of nitrogens with two attached hydrogens (primary N) is 1. The van der Waals surface area contributed by atoms with Crippen LogP contribution in [0.1, 0.15) is 31.7 Å². The first-order valence-electron chi connectivity index (χ1n) is 5.77. The van der Waals surface area contributed by atoms with Gasteiger partial charge < -0.3 is 10.3 Å². The van der Waals surface area contributed by atoms with Gasteiger partial charge in [0.05, 0.1) is 10.5 Å². The van der Waals surface area contributed by atoms with Crippen molar-refractivity contribution in [1.82, 2.24) is 10.1 Å². The normalized spacial score (nSPS) is 12.7. The highest BCUT2D eigenvalue weighted by molar-refractivity contribution is 9.10. The van der Waals surface area contributed by atoms with E-state index in [1.165, 1.54) is 6.07 Å². The fourth-order valence-corrected chi connectivity index (χ4v) is 2.13. The minimum atomic E-state index is -0.985. The van der Waals surface area contributed by atoms with Gasteiger partial charge in [-0.2, -0.15) is 4.98 Å². The Morgan fingerprint density at radius 1 is 1.42 bits per heavy atom. The van der Waals surface area contributed by atoms with E-state index in [0.29, 0.717) is 12.0 Å². The van der Waals surface area contributed by atoms with E-state index in [9.17, 15) is 8.78 Å². The molecule has 4 nitrogen and oxygen atoms in total. The second-order valence-corrected chi connectivity index (χ2v) is 4.87. The van der Waals surface area contributed by atoms with Crippen molar-refractivity contribution >= 4 is 15.9 Å². The van der Waals surface area contributed by atoms with Crippen LogP contribution in [0.15, 0.2) is 21.1 Å². The first kappa shape index (κ1) is 14.1. The van der Waals surface area contributed by atoms with Crippen LogP contribution < -0.4 is 5.73 Å². The SMILES string of the molecule is CCC[C@H](N)c1nc(-c2ccc(F)c(F)c2Br)no1. The van der Waals surface area contributed by atoms with E-state index in [1.54, 1.807) is 0 Å². The Hall–Kier alpha value is -1.34. The molecule has 102 valence electrons. The van der Waals surface area contributed by atoms with Crippen molar-refractivity contribution in [3.8, 4) is 11.4 Å². The van der Waals surface area contributed by atoms with Crippen LogP contribution in [0.5, 0.6) is 0 Å². The van der Waals surface area contributed by atoms with Gasteiger partial charge in [-0.1, -0.05) is 18.5 Å². The Labute approximate surface area is 117 Å². The van der Waals surface area contributed by atoms with Crippen molar-refractivity contribution in [3.05, 3.63) is 34.1 Å². The lowest BCUT2D eigenvalue weighted by molar-refractivity contribution is 0.348. The zero-order valence-corrected chi connectivity index (χ0v) is 11.7. The summed E-state index contributed by atoms with van der Waals surface area (Å²) in [5.41, 5.74) is 6.16. The zero-order chi connectivity index (χ0) is 14.0. The Morgan fingerprint density at radius 3 is 2.84 bits per heavy atom. The molecule has 0 unspecified atom stereocenters. The maximum atomic E-state index is 13.4. The van der Waals surface area contributed by atoms with Crippen molar-refractivity contribution in [1.29, 1.82) is 0 Å². The Morgan fingerprint density at radius 2 is 2.16 bits per heavy atom. The van der Waals surface area contributed by atoms with Crippen LogP contribution in [0.2, 0.25) is 0 Å². The molecule has 0 aliphatic carbocycles. The number of benzene rings is 1. The molecule has 0 fully saturated rings. The summed E-state index contributed by atoms with van der Waals surface area (Å²) in [6.07, 6.45) is 1.59. The van der Waals surface area contributed by atoms with Gasteiger partial charge in [0.25, 0.3) is 0 Å². The first-order chi connectivity index (χ1) is 9.04. The standard InChI is InChI=1S/C12H12BrF2N3O/c1-2-3-8(16)12-17-11(18-19-12)6-4-5-7(14)10(15)9(6)13/h4-5,8H,2-3,16H2,1H3/t8-/m0/s1. The second-order valence-electron chi connectivity index (χ2n) is 4.07. The van der Waals surface area contributed by atoms with E-state index in [2.05, 4.69) is 26.1 Å². The molecule has 1 aromatic heterocycles. The minimum absolute atomic E-state index is 0.0380. The van der Waals surface area contributed by atoms with Crippen LogP contribution in [0.3, 0.4) is 0 Å². The lowest BCUT2D eigenvalue weighted by Gasteiger charge is -2.03. The highest BCUT2D eigenvalue weighted by Crippen LogP contribution is 2.30. The molecule has 0 spiro atoms. The summed E-state index contributed by atoms with van der Waals surface area (Å²) in [6.45, 7) is 1.99. The maximum absolute atomic E-state index is 13.4. The highest BCUT2D eigenvalue weighted by atomic mass is 79.9. The Balaban J connectivity index is 2.36. The minimum Gasteiger partial charge on any atom is -0.337 e. The van der Waals surface area contributed by atoms with E-state index in [0.717, 1.165) is 12.5 Å². The van der Waals surface area contributed by atoms with Crippen molar-refractivity contribution in [2.24, 2.45) is 5.73 Å². The lowest BCUT2D eigenvalue weighted by atomic mass is 10.2. The molecule has 2 rings (SSSR count). The molecule has 19 heavy (non-hydrogen) atoms. The second kappa shape index (κ2) is 5.75. The van der Waals surface area contributed by atoms with E-state index in [1.807, 2.05) is 6.92 Å². The molecule has 0 saturated carbocycles. The number of halogens is 3. The third-order valence-electron chi connectivity index (χ3n) is 2.63. The average molecular weight is 332 g/mol. The van der Waals surface area contributed by atoms with Crippen molar-refractivity contribution in [2.75, 3.05) is 0 Å². The first-order valence-corrected chi connectivity index (χ1v) is 6.57. The lowest BCUT2D eigenvalue weighted by Crippen LogP contribution is -2.09. The van der Waals surface area contributed by atoms with E-state index in [4.69, 9.17) is 10.3 Å². The number of hydrogen-bond acceptors (Lipinski definition) is 4. The third kappa shape index (κ3) is 2.82. The molecule has 2 aromatic rings. The van der Waals surface area contributed by atoms with Crippen molar-refractivity contribution < 1.29 is 13.3 Å². The quantitative estimate of drug-likeness (QED) is 0.869. The molecule has 0 aliphatic heterocycles. The van der Waals surface area contributed by atoms with Crippen LogP contribution in [-0.4, -0.2) is 10.1 Å². The summed E-state index contributed by atoms with van der Waals surface area (Å²) in [4.78, 5) is 4.11. The fraction of sp³-hybridized carbons (Fsp3) is 0.333. The van der Waals surface area contributed by atoms with Gasteiger partial charge in [-0.05, 0) is 34.5 Å². The summed E-state index contributed by atoms with van der Waals surface area (Å²) in [6, 6.07) is 2.04. The Bertz CT molecular complexity index is 588. The molecule has 7 heteroatoms. The molecule has 2 N–H and O–H groups in total. The summed E-state index contributed by atoms with van der Waals surface area (Å²) < 4.78 is 31.4.